The maximum atomic E-state index is 11.1. The van der Waals surface area contributed by atoms with Gasteiger partial charge >= 0.3 is 0 Å². The molecule has 0 heterocycles. The Labute approximate surface area is 125 Å². The molecule has 1 saturated carbocycles. The molecule has 1 aromatic rings. The number of rotatable bonds is 5. The number of benzene rings is 1. The molecule has 1 N–H and O–H groups in total. The summed E-state index contributed by atoms with van der Waals surface area (Å²) >= 11 is 0. The van der Waals surface area contributed by atoms with Gasteiger partial charge in [0.05, 0.1) is 31.1 Å². The average molecular weight is 295 g/mol. The van der Waals surface area contributed by atoms with E-state index in [0.717, 1.165) is 37.2 Å². The minimum atomic E-state index is -0.510. The first kappa shape index (κ1) is 15.7. The molecule has 2 rings (SSSR count). The Morgan fingerprint density at radius 2 is 1.75 bits per heavy atom. The zero-order valence-electron chi connectivity index (χ0n) is 12.9. The fourth-order valence-electron chi connectivity index (χ4n) is 3.24. The molecule has 0 amide bonds. The smallest absolute Gasteiger partial charge is 0.118 e. The highest BCUT2D eigenvalue weighted by Gasteiger charge is 2.41. The highest BCUT2D eigenvalue weighted by molar-refractivity contribution is 7.95. The lowest BCUT2D eigenvalue weighted by atomic mass is 9.73. The number of methoxy groups -OCH3 is 1. The Hall–Kier alpha value is -0.670. The summed E-state index contributed by atoms with van der Waals surface area (Å²) in [6.07, 6.45) is 10.0. The molecule has 2 nitrogen and oxygen atoms in total. The van der Waals surface area contributed by atoms with E-state index in [4.69, 9.17) is 4.74 Å². The normalized spacial score (nSPS) is 19.9. The third-order valence-electron chi connectivity index (χ3n) is 4.39. The lowest BCUT2D eigenvalue weighted by Crippen LogP contribution is -2.41. The Kier molecular flexibility index (Phi) is 5.39. The molecule has 1 atom stereocenters. The van der Waals surface area contributed by atoms with Crippen LogP contribution in [0.4, 0.5) is 0 Å². The molecular weight excluding hydrogens is 268 g/mol. The summed E-state index contributed by atoms with van der Waals surface area (Å²) in [6, 6.07) is 8.28. The minimum absolute atomic E-state index is 0.257. The molecule has 1 aliphatic carbocycles. The van der Waals surface area contributed by atoms with E-state index in [1.54, 1.807) is 7.11 Å². The van der Waals surface area contributed by atoms with Crippen LogP contribution in [0.5, 0.6) is 5.75 Å². The van der Waals surface area contributed by atoms with Gasteiger partial charge in [0.1, 0.15) is 11.5 Å². The van der Waals surface area contributed by atoms with Crippen LogP contribution < -0.4 is 4.74 Å². The molecule has 0 aromatic heterocycles. The second-order valence-corrected chi connectivity index (χ2v) is 8.45. The van der Waals surface area contributed by atoms with Gasteiger partial charge in [-0.1, -0.05) is 31.4 Å². The van der Waals surface area contributed by atoms with Gasteiger partial charge in [0.2, 0.25) is 0 Å². The summed E-state index contributed by atoms with van der Waals surface area (Å²) in [5.74, 6) is 2.21. The quantitative estimate of drug-likeness (QED) is 0.844. The summed E-state index contributed by atoms with van der Waals surface area (Å²) in [5, 5.41) is 11.1. The van der Waals surface area contributed by atoms with E-state index in [-0.39, 0.29) is 5.92 Å². The maximum Gasteiger partial charge on any atom is 0.118 e. The summed E-state index contributed by atoms with van der Waals surface area (Å²) in [7, 11) is 2.02. The fraction of sp³-hybridized carbons (Fsp3) is 0.647. The first-order valence-electron chi connectivity index (χ1n) is 7.46. The molecule has 3 heteroatoms. The van der Waals surface area contributed by atoms with Gasteiger partial charge in [-0.05, 0) is 41.4 Å². The van der Waals surface area contributed by atoms with Crippen molar-refractivity contribution in [3.63, 3.8) is 0 Å². The van der Waals surface area contributed by atoms with Gasteiger partial charge in [0.25, 0.3) is 0 Å². The number of aliphatic hydroxyl groups is 1. The van der Waals surface area contributed by atoms with Crippen molar-refractivity contribution in [3.05, 3.63) is 29.8 Å². The molecule has 0 saturated heterocycles. The Bertz CT molecular complexity index is 408. The Balaban J connectivity index is 2.25. The Morgan fingerprint density at radius 3 is 2.25 bits per heavy atom. The van der Waals surface area contributed by atoms with Crippen LogP contribution in [0.2, 0.25) is 0 Å². The van der Waals surface area contributed by atoms with Gasteiger partial charge in [-0.3, -0.25) is 0 Å². The van der Waals surface area contributed by atoms with Crippen LogP contribution in [0.3, 0.4) is 0 Å². The zero-order valence-corrected chi connectivity index (χ0v) is 13.7. The molecule has 1 aromatic carbocycles. The number of ether oxygens (including phenoxy) is 1. The SMILES string of the molecule is COc1ccc(C(C[S+](C)C)C2(O)CCCCC2)cc1. The minimum Gasteiger partial charge on any atom is -0.497 e. The van der Waals surface area contributed by atoms with Crippen LogP contribution in [0.15, 0.2) is 24.3 Å². The van der Waals surface area contributed by atoms with Crippen molar-refractivity contribution in [1.82, 2.24) is 0 Å². The fourth-order valence-corrected chi connectivity index (χ4v) is 4.41. The van der Waals surface area contributed by atoms with E-state index in [0.29, 0.717) is 10.9 Å². The van der Waals surface area contributed by atoms with E-state index in [1.807, 2.05) is 12.1 Å². The van der Waals surface area contributed by atoms with Crippen molar-refractivity contribution < 1.29 is 9.84 Å². The van der Waals surface area contributed by atoms with Gasteiger partial charge in [-0.25, -0.2) is 0 Å². The van der Waals surface area contributed by atoms with Crippen LogP contribution in [-0.4, -0.2) is 36.1 Å². The zero-order chi connectivity index (χ0) is 14.6. The summed E-state index contributed by atoms with van der Waals surface area (Å²) < 4.78 is 5.24. The van der Waals surface area contributed by atoms with Gasteiger partial charge in [0, 0.05) is 0 Å². The van der Waals surface area contributed by atoms with E-state index in [1.165, 1.54) is 12.0 Å². The van der Waals surface area contributed by atoms with Gasteiger partial charge in [-0.2, -0.15) is 0 Å². The predicted molar refractivity (Wildman–Crippen MR) is 87.8 cm³/mol. The second kappa shape index (κ2) is 6.86. The van der Waals surface area contributed by atoms with Crippen molar-refractivity contribution in [2.24, 2.45) is 0 Å². The molecule has 1 aliphatic rings. The van der Waals surface area contributed by atoms with Crippen LogP contribution in [0.1, 0.15) is 43.6 Å². The van der Waals surface area contributed by atoms with E-state index in [9.17, 15) is 5.11 Å². The largest absolute Gasteiger partial charge is 0.497 e. The lowest BCUT2D eigenvalue weighted by Gasteiger charge is -2.38. The molecule has 0 bridgehead atoms. The third-order valence-corrected chi connectivity index (χ3v) is 5.39. The standard InChI is InChI=1S/C17H27O2S/c1-19-15-9-7-14(8-10-15)16(13-20(2)3)17(18)11-5-4-6-12-17/h7-10,16,18H,4-6,11-13H2,1-3H3/q+1. The first-order chi connectivity index (χ1) is 9.55. The highest BCUT2D eigenvalue weighted by Crippen LogP contribution is 2.41. The summed E-state index contributed by atoms with van der Waals surface area (Å²) in [4.78, 5) is 0. The van der Waals surface area contributed by atoms with E-state index in [2.05, 4.69) is 24.6 Å². The molecule has 1 fully saturated rings. The second-order valence-electron chi connectivity index (χ2n) is 6.14. The molecular formula is C17H27O2S+. The van der Waals surface area contributed by atoms with E-state index < -0.39 is 5.60 Å². The average Bonchev–Trinajstić information content (AvgIpc) is 2.45. The molecule has 0 spiro atoms. The molecule has 0 aliphatic heterocycles. The first-order valence-corrected chi connectivity index (χ1v) is 9.67. The molecule has 112 valence electrons. The van der Waals surface area contributed by atoms with Crippen molar-refractivity contribution in [2.75, 3.05) is 25.4 Å². The lowest BCUT2D eigenvalue weighted by molar-refractivity contribution is -0.0156. The van der Waals surface area contributed by atoms with Crippen molar-refractivity contribution in [3.8, 4) is 5.75 Å². The van der Waals surface area contributed by atoms with Crippen molar-refractivity contribution in [2.45, 2.75) is 43.6 Å². The highest BCUT2D eigenvalue weighted by atomic mass is 32.2. The van der Waals surface area contributed by atoms with Crippen LogP contribution in [0.25, 0.3) is 0 Å². The van der Waals surface area contributed by atoms with Gasteiger partial charge in [0.15, 0.2) is 0 Å². The van der Waals surface area contributed by atoms with Crippen molar-refractivity contribution in [1.29, 1.82) is 0 Å². The van der Waals surface area contributed by atoms with Crippen LogP contribution >= 0.6 is 0 Å². The topological polar surface area (TPSA) is 29.5 Å². The molecule has 20 heavy (non-hydrogen) atoms. The molecule has 0 radical (unpaired) electrons. The maximum absolute atomic E-state index is 11.1. The third kappa shape index (κ3) is 3.70. The van der Waals surface area contributed by atoms with Gasteiger partial charge < -0.3 is 9.84 Å². The summed E-state index contributed by atoms with van der Waals surface area (Å²) in [6.45, 7) is 0. The Morgan fingerprint density at radius 1 is 1.15 bits per heavy atom. The van der Waals surface area contributed by atoms with E-state index >= 15 is 0 Å². The summed E-state index contributed by atoms with van der Waals surface area (Å²) in [5.41, 5.74) is 0.751. The monoisotopic (exact) mass is 295 g/mol. The molecule has 1 unspecified atom stereocenters. The van der Waals surface area contributed by atoms with Gasteiger partial charge in [-0.15, -0.1) is 0 Å². The number of hydrogen-bond acceptors (Lipinski definition) is 2. The predicted octanol–water partition coefficient (Wildman–Crippen LogP) is 3.35. The van der Waals surface area contributed by atoms with Crippen LogP contribution in [-0.2, 0) is 10.9 Å². The number of hydrogen-bond donors (Lipinski definition) is 1. The van der Waals surface area contributed by atoms with Crippen LogP contribution in [0, 0.1) is 0 Å². The van der Waals surface area contributed by atoms with Crippen molar-refractivity contribution >= 4 is 10.9 Å².